The summed E-state index contributed by atoms with van der Waals surface area (Å²) in [7, 11) is 0. The molecular formula is C20H23N5. The van der Waals surface area contributed by atoms with Gasteiger partial charge in [-0.1, -0.05) is 6.07 Å². The zero-order chi connectivity index (χ0) is 17.1. The summed E-state index contributed by atoms with van der Waals surface area (Å²) in [6, 6.07) is 8.31. The van der Waals surface area contributed by atoms with Gasteiger partial charge in [-0.05, 0) is 49.1 Å². The standard InChI is InChI=1S/C20H23N5/c1-16-6-8-22-19(12-16)24-10-3-5-18(15-24)20-23-9-11-25(20)14-17-4-2-7-21-13-17/h2,4,6-9,11-13,18H,3,5,10,14-15H2,1H3/t18-/m0/s1. The lowest BCUT2D eigenvalue weighted by atomic mass is 9.97. The summed E-state index contributed by atoms with van der Waals surface area (Å²) in [6.07, 6.45) is 12.0. The van der Waals surface area contributed by atoms with Crippen LogP contribution in [0.3, 0.4) is 0 Å². The van der Waals surface area contributed by atoms with Crippen LogP contribution in [-0.4, -0.2) is 32.6 Å². The van der Waals surface area contributed by atoms with Crippen LogP contribution in [0.1, 0.15) is 35.7 Å². The molecule has 3 aromatic rings. The SMILES string of the molecule is Cc1ccnc(N2CCC[C@H](c3nccn3Cc3cccnc3)C2)c1. The van der Waals surface area contributed by atoms with Crippen LogP contribution in [0.4, 0.5) is 5.82 Å². The van der Waals surface area contributed by atoms with Crippen LogP contribution in [0.15, 0.2) is 55.2 Å². The zero-order valence-corrected chi connectivity index (χ0v) is 14.5. The summed E-state index contributed by atoms with van der Waals surface area (Å²) in [5, 5.41) is 0. The predicted octanol–water partition coefficient (Wildman–Crippen LogP) is 3.41. The highest BCUT2D eigenvalue weighted by Gasteiger charge is 2.25. The fraction of sp³-hybridized carbons (Fsp3) is 0.350. The van der Waals surface area contributed by atoms with Gasteiger partial charge in [-0.25, -0.2) is 9.97 Å². The Morgan fingerprint density at radius 1 is 1.16 bits per heavy atom. The Hall–Kier alpha value is -2.69. The molecule has 1 aliphatic rings. The van der Waals surface area contributed by atoms with E-state index in [9.17, 15) is 0 Å². The van der Waals surface area contributed by atoms with E-state index in [1.165, 1.54) is 29.8 Å². The highest BCUT2D eigenvalue weighted by Crippen LogP contribution is 2.29. The summed E-state index contributed by atoms with van der Waals surface area (Å²) in [5.41, 5.74) is 2.46. The maximum Gasteiger partial charge on any atom is 0.128 e. The lowest BCUT2D eigenvalue weighted by Crippen LogP contribution is -2.36. The van der Waals surface area contributed by atoms with E-state index in [0.29, 0.717) is 5.92 Å². The van der Waals surface area contributed by atoms with E-state index in [-0.39, 0.29) is 0 Å². The first-order valence-corrected chi connectivity index (χ1v) is 8.87. The fourth-order valence-electron chi connectivity index (χ4n) is 3.59. The molecule has 4 rings (SSSR count). The molecule has 0 saturated carbocycles. The van der Waals surface area contributed by atoms with Crippen molar-refractivity contribution in [2.75, 3.05) is 18.0 Å². The zero-order valence-electron chi connectivity index (χ0n) is 14.5. The molecular weight excluding hydrogens is 310 g/mol. The molecule has 1 fully saturated rings. The number of hydrogen-bond acceptors (Lipinski definition) is 4. The molecule has 1 atom stereocenters. The molecule has 0 aliphatic carbocycles. The van der Waals surface area contributed by atoms with Crippen molar-refractivity contribution in [3.05, 3.63) is 72.2 Å². The second-order valence-electron chi connectivity index (χ2n) is 6.75. The average Bonchev–Trinajstić information content (AvgIpc) is 3.11. The van der Waals surface area contributed by atoms with E-state index >= 15 is 0 Å². The Balaban J connectivity index is 1.53. The van der Waals surface area contributed by atoms with E-state index in [0.717, 1.165) is 25.5 Å². The number of anilines is 1. The van der Waals surface area contributed by atoms with E-state index in [2.05, 4.69) is 49.7 Å². The third-order valence-electron chi connectivity index (χ3n) is 4.83. The van der Waals surface area contributed by atoms with E-state index < -0.39 is 0 Å². The van der Waals surface area contributed by atoms with Gasteiger partial charge in [0.25, 0.3) is 0 Å². The second kappa shape index (κ2) is 7.05. The van der Waals surface area contributed by atoms with Crippen molar-refractivity contribution in [1.82, 2.24) is 19.5 Å². The number of aryl methyl sites for hydroxylation is 1. The molecule has 128 valence electrons. The molecule has 25 heavy (non-hydrogen) atoms. The maximum atomic E-state index is 4.68. The highest BCUT2D eigenvalue weighted by atomic mass is 15.2. The fourth-order valence-corrected chi connectivity index (χ4v) is 3.59. The van der Waals surface area contributed by atoms with Crippen molar-refractivity contribution >= 4 is 5.82 Å². The van der Waals surface area contributed by atoms with E-state index in [4.69, 9.17) is 0 Å². The van der Waals surface area contributed by atoms with Crippen molar-refractivity contribution in [1.29, 1.82) is 0 Å². The summed E-state index contributed by atoms with van der Waals surface area (Å²) in [4.78, 5) is 15.8. The quantitative estimate of drug-likeness (QED) is 0.734. The molecule has 5 heteroatoms. The summed E-state index contributed by atoms with van der Waals surface area (Å²) >= 11 is 0. The summed E-state index contributed by atoms with van der Waals surface area (Å²) in [5.74, 6) is 2.68. The van der Waals surface area contributed by atoms with E-state index in [1.807, 2.05) is 36.9 Å². The molecule has 4 heterocycles. The van der Waals surface area contributed by atoms with E-state index in [1.54, 1.807) is 0 Å². The molecule has 0 bridgehead atoms. The minimum absolute atomic E-state index is 0.433. The molecule has 0 aromatic carbocycles. The minimum atomic E-state index is 0.433. The van der Waals surface area contributed by atoms with Crippen LogP contribution in [-0.2, 0) is 6.54 Å². The third kappa shape index (κ3) is 3.55. The second-order valence-corrected chi connectivity index (χ2v) is 6.75. The normalized spacial score (nSPS) is 17.6. The van der Waals surface area contributed by atoms with Crippen LogP contribution in [0, 0.1) is 6.92 Å². The predicted molar refractivity (Wildman–Crippen MR) is 98.7 cm³/mol. The Kier molecular flexibility index (Phi) is 4.46. The van der Waals surface area contributed by atoms with Gasteiger partial charge in [0.05, 0.1) is 6.54 Å². The number of piperidine rings is 1. The molecule has 0 radical (unpaired) electrons. The number of nitrogens with zero attached hydrogens (tertiary/aromatic N) is 5. The Labute approximate surface area is 148 Å². The third-order valence-corrected chi connectivity index (χ3v) is 4.83. The van der Waals surface area contributed by atoms with Crippen LogP contribution in [0.25, 0.3) is 0 Å². The van der Waals surface area contributed by atoms with Crippen molar-refractivity contribution in [2.45, 2.75) is 32.2 Å². The minimum Gasteiger partial charge on any atom is -0.356 e. The molecule has 0 spiro atoms. The highest BCUT2D eigenvalue weighted by molar-refractivity contribution is 5.41. The van der Waals surface area contributed by atoms with Gasteiger partial charge in [-0.15, -0.1) is 0 Å². The largest absolute Gasteiger partial charge is 0.356 e. The van der Waals surface area contributed by atoms with Crippen molar-refractivity contribution in [3.8, 4) is 0 Å². The number of hydrogen-bond donors (Lipinski definition) is 0. The number of rotatable bonds is 4. The van der Waals surface area contributed by atoms with Crippen LogP contribution < -0.4 is 4.90 Å². The molecule has 1 aliphatic heterocycles. The van der Waals surface area contributed by atoms with Gasteiger partial charge in [0.1, 0.15) is 11.6 Å². The molecule has 1 saturated heterocycles. The van der Waals surface area contributed by atoms with Crippen molar-refractivity contribution < 1.29 is 0 Å². The lowest BCUT2D eigenvalue weighted by molar-refractivity contribution is 0.474. The first-order valence-electron chi connectivity index (χ1n) is 8.87. The van der Waals surface area contributed by atoms with Crippen LogP contribution >= 0.6 is 0 Å². The van der Waals surface area contributed by atoms with Gasteiger partial charge in [0.15, 0.2) is 0 Å². The monoisotopic (exact) mass is 333 g/mol. The van der Waals surface area contributed by atoms with Crippen molar-refractivity contribution in [2.24, 2.45) is 0 Å². The Morgan fingerprint density at radius 2 is 2.12 bits per heavy atom. The summed E-state index contributed by atoms with van der Waals surface area (Å²) < 4.78 is 2.26. The van der Waals surface area contributed by atoms with Gasteiger partial charge < -0.3 is 9.47 Å². The van der Waals surface area contributed by atoms with Gasteiger partial charge in [-0.3, -0.25) is 4.98 Å². The smallest absolute Gasteiger partial charge is 0.128 e. The Morgan fingerprint density at radius 3 is 2.96 bits per heavy atom. The first kappa shape index (κ1) is 15.8. The average molecular weight is 333 g/mol. The lowest BCUT2D eigenvalue weighted by Gasteiger charge is -2.33. The molecule has 0 N–H and O–H groups in total. The molecule has 0 unspecified atom stereocenters. The van der Waals surface area contributed by atoms with Crippen molar-refractivity contribution in [3.63, 3.8) is 0 Å². The van der Waals surface area contributed by atoms with Gasteiger partial charge >= 0.3 is 0 Å². The summed E-state index contributed by atoms with van der Waals surface area (Å²) in [6.45, 7) is 4.98. The topological polar surface area (TPSA) is 46.8 Å². The Bertz CT molecular complexity index is 827. The van der Waals surface area contributed by atoms with Gasteiger partial charge in [-0.2, -0.15) is 0 Å². The number of pyridine rings is 2. The molecule has 0 amide bonds. The molecule has 5 nitrogen and oxygen atoms in total. The van der Waals surface area contributed by atoms with Crippen LogP contribution in [0.5, 0.6) is 0 Å². The molecule has 3 aromatic heterocycles. The maximum absolute atomic E-state index is 4.68. The number of imidazole rings is 1. The number of aromatic nitrogens is 4. The van der Waals surface area contributed by atoms with Gasteiger partial charge in [0, 0.05) is 50.0 Å². The van der Waals surface area contributed by atoms with Gasteiger partial charge in [0.2, 0.25) is 0 Å². The van der Waals surface area contributed by atoms with Crippen LogP contribution in [0.2, 0.25) is 0 Å². The first-order chi connectivity index (χ1) is 12.3.